The molecule has 1 aromatic heterocycles. The molecule has 1 aliphatic carbocycles. The van der Waals surface area contributed by atoms with Crippen molar-refractivity contribution in [2.45, 2.75) is 64.6 Å². The molecule has 1 heterocycles. The Morgan fingerprint density at radius 1 is 1.16 bits per heavy atom. The Morgan fingerprint density at radius 3 is 2.74 bits per heavy atom. The van der Waals surface area contributed by atoms with Gasteiger partial charge in [0.1, 0.15) is 12.2 Å². The molecule has 0 spiro atoms. The third-order valence-electron chi connectivity index (χ3n) is 5.96. The predicted molar refractivity (Wildman–Crippen MR) is 138 cm³/mol. The van der Waals surface area contributed by atoms with Gasteiger partial charge in [-0.3, -0.25) is 4.99 Å². The molecule has 1 saturated carbocycles. The topological polar surface area (TPSA) is 67.1 Å². The number of guanidine groups is 1. The molecule has 0 saturated heterocycles. The van der Waals surface area contributed by atoms with Crippen molar-refractivity contribution in [3.05, 3.63) is 60.2 Å². The van der Waals surface area contributed by atoms with Crippen LogP contribution in [0.2, 0.25) is 0 Å². The van der Waals surface area contributed by atoms with Crippen molar-refractivity contribution >= 4 is 40.7 Å². The first-order valence-electron chi connectivity index (χ1n) is 11.2. The number of hydrogen-bond acceptors (Lipinski definition) is 3. The molecule has 0 aliphatic heterocycles. The predicted octanol–water partition coefficient (Wildman–Crippen LogP) is 4.85. The number of rotatable bonds is 7. The number of nitrogens with one attached hydrogen (secondary N) is 2. The molecule has 1 aliphatic rings. The molecule has 1 atom stereocenters. The highest BCUT2D eigenvalue weighted by atomic mass is 127. The molecular formula is C24H33IN6. The van der Waals surface area contributed by atoms with Gasteiger partial charge >= 0.3 is 0 Å². The molecule has 0 radical (unpaired) electrons. The molecule has 1 unspecified atom stereocenters. The molecule has 0 amide bonds. The Morgan fingerprint density at radius 2 is 1.94 bits per heavy atom. The fourth-order valence-electron chi connectivity index (χ4n) is 4.32. The number of halogens is 1. The largest absolute Gasteiger partial charge is 0.354 e. The molecule has 2 N–H and O–H groups in total. The maximum Gasteiger partial charge on any atom is 0.192 e. The van der Waals surface area contributed by atoms with Gasteiger partial charge in [-0.1, -0.05) is 62.2 Å². The van der Waals surface area contributed by atoms with Crippen LogP contribution in [0.1, 0.15) is 57.0 Å². The summed E-state index contributed by atoms with van der Waals surface area (Å²) in [6.07, 6.45) is 7.70. The van der Waals surface area contributed by atoms with E-state index in [0.29, 0.717) is 12.6 Å². The van der Waals surface area contributed by atoms with Crippen LogP contribution in [0.3, 0.4) is 0 Å². The zero-order valence-corrected chi connectivity index (χ0v) is 20.8. The van der Waals surface area contributed by atoms with Crippen LogP contribution in [0.5, 0.6) is 0 Å². The highest BCUT2D eigenvalue weighted by Crippen LogP contribution is 2.24. The van der Waals surface area contributed by atoms with Gasteiger partial charge in [0.25, 0.3) is 0 Å². The zero-order valence-electron chi connectivity index (χ0n) is 18.4. The van der Waals surface area contributed by atoms with Gasteiger partial charge in [-0.2, -0.15) is 0 Å². The Kier molecular flexibility index (Phi) is 8.69. The van der Waals surface area contributed by atoms with Crippen molar-refractivity contribution in [2.75, 3.05) is 6.54 Å². The monoisotopic (exact) mass is 532 g/mol. The van der Waals surface area contributed by atoms with Crippen molar-refractivity contribution in [1.82, 2.24) is 25.4 Å². The van der Waals surface area contributed by atoms with Gasteiger partial charge in [0.2, 0.25) is 0 Å². The van der Waals surface area contributed by atoms with Crippen molar-refractivity contribution in [1.29, 1.82) is 0 Å². The summed E-state index contributed by atoms with van der Waals surface area (Å²) in [5, 5.41) is 18.1. The van der Waals surface area contributed by atoms with E-state index in [-0.39, 0.29) is 30.0 Å². The number of nitrogens with zero attached hydrogens (tertiary/aromatic N) is 4. The summed E-state index contributed by atoms with van der Waals surface area (Å²) in [7, 11) is 0. The van der Waals surface area contributed by atoms with Gasteiger partial charge in [0, 0.05) is 19.0 Å². The van der Waals surface area contributed by atoms with Crippen LogP contribution in [0.25, 0.3) is 10.8 Å². The summed E-state index contributed by atoms with van der Waals surface area (Å²) >= 11 is 0. The zero-order chi connectivity index (χ0) is 20.8. The summed E-state index contributed by atoms with van der Waals surface area (Å²) in [6.45, 7) is 5.79. The molecule has 0 bridgehead atoms. The first kappa shape index (κ1) is 23.5. The van der Waals surface area contributed by atoms with E-state index in [1.165, 1.54) is 42.0 Å². The van der Waals surface area contributed by atoms with E-state index in [0.717, 1.165) is 24.7 Å². The Hall–Kier alpha value is -2.16. The van der Waals surface area contributed by atoms with Gasteiger partial charge in [0.05, 0.1) is 12.6 Å². The SMILES string of the molecule is CCc1nncn1CCN=C(NC1CCCC1)NC(C)c1cccc2ccccc12.I. The maximum absolute atomic E-state index is 4.90. The third kappa shape index (κ3) is 5.96. The Balaban J connectivity index is 0.00000272. The number of aryl methyl sites for hydroxylation is 1. The lowest BCUT2D eigenvalue weighted by molar-refractivity contribution is 0.590. The van der Waals surface area contributed by atoms with Crippen molar-refractivity contribution in [3.8, 4) is 0 Å². The van der Waals surface area contributed by atoms with E-state index >= 15 is 0 Å². The summed E-state index contributed by atoms with van der Waals surface area (Å²) in [4.78, 5) is 4.90. The molecular weight excluding hydrogens is 499 g/mol. The number of hydrogen-bond donors (Lipinski definition) is 2. The van der Waals surface area contributed by atoms with Gasteiger partial charge in [-0.05, 0) is 36.1 Å². The van der Waals surface area contributed by atoms with Crippen LogP contribution < -0.4 is 10.6 Å². The fraction of sp³-hybridized carbons (Fsp3) is 0.458. The van der Waals surface area contributed by atoms with Gasteiger partial charge in [-0.15, -0.1) is 34.2 Å². The van der Waals surface area contributed by atoms with Crippen LogP contribution in [0.15, 0.2) is 53.8 Å². The first-order valence-corrected chi connectivity index (χ1v) is 11.2. The van der Waals surface area contributed by atoms with Crippen molar-refractivity contribution < 1.29 is 0 Å². The molecule has 6 nitrogen and oxygen atoms in total. The molecule has 4 rings (SSSR count). The number of aromatic nitrogens is 3. The lowest BCUT2D eigenvalue weighted by Crippen LogP contribution is -2.43. The second-order valence-electron chi connectivity index (χ2n) is 8.08. The summed E-state index contributed by atoms with van der Waals surface area (Å²) in [5.41, 5.74) is 1.29. The van der Waals surface area contributed by atoms with Crippen LogP contribution in [-0.4, -0.2) is 33.3 Å². The number of fused-ring (bicyclic) bond motifs is 1. The van der Waals surface area contributed by atoms with E-state index in [2.05, 4.69) is 81.7 Å². The second-order valence-corrected chi connectivity index (χ2v) is 8.08. The second kappa shape index (κ2) is 11.5. The van der Waals surface area contributed by atoms with Gasteiger partial charge in [-0.25, -0.2) is 0 Å². The normalized spacial score (nSPS) is 15.6. The first-order chi connectivity index (χ1) is 14.7. The number of benzene rings is 2. The van der Waals surface area contributed by atoms with Crippen LogP contribution in [0.4, 0.5) is 0 Å². The van der Waals surface area contributed by atoms with Crippen LogP contribution in [-0.2, 0) is 13.0 Å². The minimum absolute atomic E-state index is 0. The molecule has 7 heteroatoms. The standard InChI is InChI=1S/C24H32N6.HI/c1-3-23-29-26-17-30(23)16-15-25-24(28-20-11-5-6-12-20)27-18(2)21-14-8-10-19-9-4-7-13-22(19)21;/h4,7-10,13-14,17-18,20H,3,5-6,11-12,15-16H2,1-2H3,(H2,25,27,28);1H. The van der Waals surface area contributed by atoms with E-state index in [1.807, 2.05) is 0 Å². The van der Waals surface area contributed by atoms with Crippen LogP contribution in [0, 0.1) is 0 Å². The average molecular weight is 532 g/mol. The molecule has 31 heavy (non-hydrogen) atoms. The minimum atomic E-state index is 0. The Labute approximate surface area is 202 Å². The lowest BCUT2D eigenvalue weighted by atomic mass is 10.00. The summed E-state index contributed by atoms with van der Waals surface area (Å²) < 4.78 is 2.09. The molecule has 3 aromatic rings. The third-order valence-corrected chi connectivity index (χ3v) is 5.96. The molecule has 2 aromatic carbocycles. The smallest absolute Gasteiger partial charge is 0.192 e. The molecule has 166 valence electrons. The Bertz CT molecular complexity index is 987. The van der Waals surface area contributed by atoms with E-state index in [4.69, 9.17) is 4.99 Å². The number of aliphatic imine (C=N–C) groups is 1. The van der Waals surface area contributed by atoms with Crippen molar-refractivity contribution in [2.24, 2.45) is 4.99 Å². The van der Waals surface area contributed by atoms with E-state index in [9.17, 15) is 0 Å². The van der Waals surface area contributed by atoms with Crippen LogP contribution >= 0.6 is 24.0 Å². The van der Waals surface area contributed by atoms with E-state index < -0.39 is 0 Å². The van der Waals surface area contributed by atoms with Crippen molar-refractivity contribution in [3.63, 3.8) is 0 Å². The highest BCUT2D eigenvalue weighted by Gasteiger charge is 2.18. The van der Waals surface area contributed by atoms with Gasteiger partial charge < -0.3 is 15.2 Å². The fourth-order valence-corrected chi connectivity index (χ4v) is 4.32. The van der Waals surface area contributed by atoms with E-state index in [1.54, 1.807) is 6.33 Å². The highest BCUT2D eigenvalue weighted by molar-refractivity contribution is 14.0. The summed E-state index contributed by atoms with van der Waals surface area (Å²) in [5.74, 6) is 1.90. The minimum Gasteiger partial charge on any atom is -0.354 e. The summed E-state index contributed by atoms with van der Waals surface area (Å²) in [6, 6.07) is 15.7. The lowest BCUT2D eigenvalue weighted by Gasteiger charge is -2.23. The quantitative estimate of drug-likeness (QED) is 0.260. The average Bonchev–Trinajstić information content (AvgIpc) is 3.45. The maximum atomic E-state index is 4.90. The molecule has 1 fully saturated rings. The van der Waals surface area contributed by atoms with Gasteiger partial charge in [0.15, 0.2) is 5.96 Å².